The van der Waals surface area contributed by atoms with Crippen LogP contribution in [0.25, 0.3) is 0 Å². The third-order valence-electron chi connectivity index (χ3n) is 2.65. The highest BCUT2D eigenvalue weighted by Gasteiger charge is 2.26. The summed E-state index contributed by atoms with van der Waals surface area (Å²) in [6.07, 6.45) is 0.985. The lowest BCUT2D eigenvalue weighted by Crippen LogP contribution is -2.34. The van der Waals surface area contributed by atoms with Gasteiger partial charge in [0.25, 0.3) is 5.91 Å². The molecule has 0 unspecified atom stereocenters. The zero-order valence-corrected chi connectivity index (χ0v) is 11.2. The molecule has 2 N–H and O–H groups in total. The van der Waals surface area contributed by atoms with Gasteiger partial charge in [-0.2, -0.15) is 0 Å². The maximum atomic E-state index is 12.7. The summed E-state index contributed by atoms with van der Waals surface area (Å²) in [5.74, 6) is -1.99. The molecular weight excluding hydrogens is 297 g/mol. The topological polar surface area (TPSA) is 119 Å². The van der Waals surface area contributed by atoms with E-state index < -0.39 is 28.5 Å². The van der Waals surface area contributed by atoms with E-state index in [0.717, 1.165) is 23.0 Å². The Morgan fingerprint density at radius 3 is 2.55 bits per heavy atom. The van der Waals surface area contributed by atoms with Crippen LogP contribution in [0.2, 0.25) is 0 Å². The van der Waals surface area contributed by atoms with Crippen LogP contribution in [0.3, 0.4) is 0 Å². The summed E-state index contributed by atoms with van der Waals surface area (Å²) in [6, 6.07) is 3.94. The van der Waals surface area contributed by atoms with Crippen LogP contribution in [0.4, 0.5) is 20.7 Å². The molecule has 0 aliphatic heterocycles. The Kier molecular flexibility index (Phi) is 4.11. The van der Waals surface area contributed by atoms with Crippen molar-refractivity contribution in [3.63, 3.8) is 0 Å². The average molecular weight is 307 g/mol. The first-order valence-electron chi connectivity index (χ1n) is 5.93. The SMILES string of the molecule is Cn1ncc(C(=O)NC(=O)Nc2ccc(F)cc2)c1[N+](=O)[O-]. The molecule has 0 bridgehead atoms. The third-order valence-corrected chi connectivity index (χ3v) is 2.65. The lowest BCUT2D eigenvalue weighted by molar-refractivity contribution is -0.392. The number of aryl methyl sites for hydroxylation is 1. The number of hydrogen-bond donors (Lipinski definition) is 2. The molecule has 1 aromatic carbocycles. The van der Waals surface area contributed by atoms with Crippen LogP contribution in [0.15, 0.2) is 30.5 Å². The zero-order valence-electron chi connectivity index (χ0n) is 11.2. The van der Waals surface area contributed by atoms with Crippen LogP contribution in [0.5, 0.6) is 0 Å². The summed E-state index contributed by atoms with van der Waals surface area (Å²) in [5, 5.41) is 18.7. The van der Waals surface area contributed by atoms with Crippen LogP contribution >= 0.6 is 0 Å². The highest BCUT2D eigenvalue weighted by molar-refractivity contribution is 6.09. The van der Waals surface area contributed by atoms with Crippen LogP contribution in [-0.4, -0.2) is 26.6 Å². The van der Waals surface area contributed by atoms with Crippen LogP contribution in [-0.2, 0) is 7.05 Å². The molecule has 0 fully saturated rings. The summed E-state index contributed by atoms with van der Waals surface area (Å²) in [6.45, 7) is 0. The van der Waals surface area contributed by atoms with E-state index >= 15 is 0 Å². The van der Waals surface area contributed by atoms with Crippen molar-refractivity contribution < 1.29 is 18.9 Å². The molecule has 0 saturated heterocycles. The number of hydrogen-bond acceptors (Lipinski definition) is 5. The third kappa shape index (κ3) is 3.23. The fourth-order valence-corrected chi connectivity index (χ4v) is 1.67. The van der Waals surface area contributed by atoms with Gasteiger partial charge in [0, 0.05) is 5.69 Å². The second-order valence-corrected chi connectivity index (χ2v) is 4.18. The van der Waals surface area contributed by atoms with Gasteiger partial charge in [-0.1, -0.05) is 5.10 Å². The minimum Gasteiger partial charge on any atom is -0.358 e. The van der Waals surface area contributed by atoms with Gasteiger partial charge in [-0.15, -0.1) is 4.68 Å². The Bertz CT molecular complexity index is 740. The number of rotatable bonds is 3. The number of nitrogens with one attached hydrogen (secondary N) is 2. The number of aromatic nitrogens is 2. The van der Waals surface area contributed by atoms with Gasteiger partial charge in [0.15, 0.2) is 5.56 Å². The average Bonchev–Trinajstić information content (AvgIpc) is 2.83. The summed E-state index contributed by atoms with van der Waals surface area (Å²) in [4.78, 5) is 33.6. The van der Waals surface area contributed by atoms with Crippen LogP contribution in [0, 0.1) is 15.9 Å². The van der Waals surface area contributed by atoms with Crippen molar-refractivity contribution in [2.45, 2.75) is 0 Å². The molecule has 10 heteroatoms. The van der Waals surface area contributed by atoms with Crippen molar-refractivity contribution in [3.8, 4) is 0 Å². The minimum atomic E-state index is -0.973. The van der Waals surface area contributed by atoms with E-state index in [1.54, 1.807) is 0 Å². The number of nitrogens with zero attached hydrogens (tertiary/aromatic N) is 3. The molecule has 1 heterocycles. The lowest BCUT2D eigenvalue weighted by atomic mass is 10.3. The van der Waals surface area contributed by atoms with Crippen molar-refractivity contribution in [2.75, 3.05) is 5.32 Å². The number of benzene rings is 1. The monoisotopic (exact) mass is 307 g/mol. The molecule has 0 aliphatic rings. The lowest BCUT2D eigenvalue weighted by Gasteiger charge is -2.05. The molecule has 0 spiro atoms. The van der Waals surface area contributed by atoms with Gasteiger partial charge in [-0.3, -0.25) is 10.1 Å². The van der Waals surface area contributed by atoms with E-state index in [2.05, 4.69) is 10.4 Å². The highest BCUT2D eigenvalue weighted by atomic mass is 19.1. The molecule has 0 saturated carbocycles. The Labute approximate surface area is 122 Å². The number of imide groups is 1. The second-order valence-electron chi connectivity index (χ2n) is 4.18. The Morgan fingerprint density at radius 1 is 1.32 bits per heavy atom. The highest BCUT2D eigenvalue weighted by Crippen LogP contribution is 2.16. The first-order valence-corrected chi connectivity index (χ1v) is 5.93. The predicted octanol–water partition coefficient (Wildman–Crippen LogP) is 1.43. The van der Waals surface area contributed by atoms with E-state index in [0.29, 0.717) is 0 Å². The number of anilines is 1. The summed E-state index contributed by atoms with van der Waals surface area (Å²) in [5.41, 5.74) is -0.0888. The number of nitro groups is 1. The molecule has 3 amide bonds. The van der Waals surface area contributed by atoms with Crippen LogP contribution in [0.1, 0.15) is 10.4 Å². The molecule has 2 rings (SSSR count). The second kappa shape index (κ2) is 5.99. The van der Waals surface area contributed by atoms with Gasteiger partial charge in [0.1, 0.15) is 12.9 Å². The van der Waals surface area contributed by atoms with Gasteiger partial charge in [0.2, 0.25) is 0 Å². The normalized spacial score (nSPS) is 10.1. The molecule has 22 heavy (non-hydrogen) atoms. The molecule has 9 nitrogen and oxygen atoms in total. The molecule has 0 radical (unpaired) electrons. The molecular formula is C12H10FN5O4. The van der Waals surface area contributed by atoms with E-state index in [-0.39, 0.29) is 11.3 Å². The number of amides is 3. The van der Waals surface area contributed by atoms with Gasteiger partial charge in [0.05, 0.1) is 6.20 Å². The Balaban J connectivity index is 2.07. The molecule has 0 atom stereocenters. The molecule has 114 valence electrons. The van der Waals surface area contributed by atoms with Crippen molar-refractivity contribution >= 4 is 23.4 Å². The van der Waals surface area contributed by atoms with Crippen molar-refractivity contribution in [2.24, 2.45) is 7.05 Å². The first kappa shape index (κ1) is 15.1. The fraction of sp³-hybridized carbons (Fsp3) is 0.0833. The van der Waals surface area contributed by atoms with Crippen molar-refractivity contribution in [1.29, 1.82) is 0 Å². The van der Waals surface area contributed by atoms with E-state index in [1.807, 2.05) is 5.32 Å². The fourth-order valence-electron chi connectivity index (χ4n) is 1.67. The van der Waals surface area contributed by atoms with E-state index in [9.17, 15) is 24.1 Å². The predicted molar refractivity (Wildman–Crippen MR) is 72.7 cm³/mol. The number of urea groups is 1. The summed E-state index contributed by atoms with van der Waals surface area (Å²) >= 11 is 0. The van der Waals surface area contributed by atoms with Gasteiger partial charge in [-0.05, 0) is 29.2 Å². The van der Waals surface area contributed by atoms with Gasteiger partial charge in [-0.25, -0.2) is 9.18 Å². The van der Waals surface area contributed by atoms with Gasteiger partial charge >= 0.3 is 11.8 Å². The largest absolute Gasteiger partial charge is 0.358 e. The molecule has 1 aromatic heterocycles. The summed E-state index contributed by atoms with van der Waals surface area (Å²) in [7, 11) is 1.30. The molecule has 0 aliphatic carbocycles. The maximum absolute atomic E-state index is 12.7. The Hall–Kier alpha value is -3.30. The van der Waals surface area contributed by atoms with E-state index in [1.165, 1.54) is 19.2 Å². The minimum absolute atomic E-state index is 0.257. The van der Waals surface area contributed by atoms with Crippen molar-refractivity contribution in [3.05, 3.63) is 52.0 Å². The number of carbonyl (C=O) groups excluding carboxylic acids is 2. The smallest absolute Gasteiger partial charge is 0.357 e. The van der Waals surface area contributed by atoms with Gasteiger partial charge < -0.3 is 15.4 Å². The maximum Gasteiger partial charge on any atom is 0.357 e. The number of carbonyl (C=O) groups is 2. The first-order chi connectivity index (χ1) is 10.4. The van der Waals surface area contributed by atoms with E-state index in [4.69, 9.17) is 0 Å². The van der Waals surface area contributed by atoms with Crippen molar-refractivity contribution in [1.82, 2.24) is 15.1 Å². The van der Waals surface area contributed by atoms with Crippen LogP contribution < -0.4 is 10.6 Å². The zero-order chi connectivity index (χ0) is 16.3. The Morgan fingerprint density at radius 2 is 1.95 bits per heavy atom. The summed E-state index contributed by atoms with van der Waals surface area (Å²) < 4.78 is 13.6. The molecule has 2 aromatic rings. The standard InChI is InChI=1S/C12H10FN5O4/c1-17-11(18(21)22)9(6-14-17)10(19)16-12(20)15-8-4-2-7(13)3-5-8/h2-6H,1H3,(H2,15,16,19,20). The quantitative estimate of drug-likeness (QED) is 0.656. The number of halogens is 1.